The second-order valence-corrected chi connectivity index (χ2v) is 6.80. The average molecular weight is 341 g/mol. The molecule has 0 radical (unpaired) electrons. The third-order valence-electron chi connectivity index (χ3n) is 5.03. The molecular formula is C18H23N5O2. The number of carbonyl (C=O) groups excluding carboxylic acids is 1. The van der Waals surface area contributed by atoms with Crippen molar-refractivity contribution in [3.05, 3.63) is 36.2 Å². The fourth-order valence-corrected chi connectivity index (χ4v) is 3.79. The minimum atomic E-state index is -0.521. The number of fused-ring (bicyclic) bond motifs is 1. The molecule has 2 aliphatic heterocycles. The van der Waals surface area contributed by atoms with E-state index >= 15 is 0 Å². The zero-order chi connectivity index (χ0) is 17.2. The van der Waals surface area contributed by atoms with Crippen LogP contribution in [0.1, 0.15) is 43.8 Å². The van der Waals surface area contributed by atoms with Crippen molar-refractivity contribution < 1.29 is 9.53 Å². The summed E-state index contributed by atoms with van der Waals surface area (Å²) in [6.07, 6.45) is 6.99. The first-order valence-electron chi connectivity index (χ1n) is 9.00. The predicted octanol–water partition coefficient (Wildman–Crippen LogP) is 1.79. The summed E-state index contributed by atoms with van der Waals surface area (Å²) in [6.45, 7) is 4.27. The number of hydrogen-bond donors (Lipinski definition) is 0. The van der Waals surface area contributed by atoms with E-state index in [1.165, 1.54) is 0 Å². The third-order valence-corrected chi connectivity index (χ3v) is 5.03. The van der Waals surface area contributed by atoms with E-state index in [1.54, 1.807) is 25.4 Å². The van der Waals surface area contributed by atoms with Crippen molar-refractivity contribution in [2.45, 2.75) is 51.2 Å². The van der Waals surface area contributed by atoms with E-state index in [0.29, 0.717) is 12.3 Å². The molecule has 0 aromatic carbocycles. The number of amides is 1. The van der Waals surface area contributed by atoms with Crippen LogP contribution in [0.2, 0.25) is 0 Å². The summed E-state index contributed by atoms with van der Waals surface area (Å²) in [4.78, 5) is 18.7. The van der Waals surface area contributed by atoms with Gasteiger partial charge in [-0.2, -0.15) is 0 Å². The van der Waals surface area contributed by atoms with Crippen molar-refractivity contribution in [3.8, 4) is 5.75 Å². The molecule has 7 heteroatoms. The lowest BCUT2D eigenvalue weighted by Gasteiger charge is -2.33. The van der Waals surface area contributed by atoms with Crippen molar-refractivity contribution in [1.29, 1.82) is 0 Å². The molecule has 25 heavy (non-hydrogen) atoms. The molecular weight excluding hydrogens is 318 g/mol. The highest BCUT2D eigenvalue weighted by Gasteiger charge is 2.32. The quantitative estimate of drug-likeness (QED) is 0.848. The highest BCUT2D eigenvalue weighted by atomic mass is 16.5. The summed E-state index contributed by atoms with van der Waals surface area (Å²) in [7, 11) is 0. The summed E-state index contributed by atoms with van der Waals surface area (Å²) < 4.78 is 7.99. The number of aryl methyl sites for hydroxylation is 1. The first-order valence-corrected chi connectivity index (χ1v) is 9.00. The SMILES string of the molecule is CC(Oc1cccnc1)C(=O)N1CCCC(c2nnc3n2CCC3)C1. The lowest BCUT2D eigenvalue weighted by atomic mass is 9.96. The molecule has 0 spiro atoms. The Labute approximate surface area is 147 Å². The Morgan fingerprint density at radius 1 is 1.32 bits per heavy atom. The number of ether oxygens (including phenoxy) is 1. The van der Waals surface area contributed by atoms with E-state index in [0.717, 1.165) is 50.4 Å². The van der Waals surface area contributed by atoms with Crippen LogP contribution in [-0.2, 0) is 17.8 Å². The Balaban J connectivity index is 1.42. The molecule has 2 aromatic heterocycles. The molecule has 4 heterocycles. The van der Waals surface area contributed by atoms with Gasteiger partial charge in [-0.3, -0.25) is 9.78 Å². The Morgan fingerprint density at radius 2 is 2.24 bits per heavy atom. The van der Waals surface area contributed by atoms with Crippen LogP contribution in [0, 0.1) is 0 Å². The Hall–Kier alpha value is -2.44. The van der Waals surface area contributed by atoms with Gasteiger partial charge >= 0.3 is 0 Å². The van der Waals surface area contributed by atoms with Crippen molar-refractivity contribution >= 4 is 5.91 Å². The largest absolute Gasteiger partial charge is 0.479 e. The molecule has 7 nitrogen and oxygen atoms in total. The van der Waals surface area contributed by atoms with Crippen LogP contribution in [0.25, 0.3) is 0 Å². The fourth-order valence-electron chi connectivity index (χ4n) is 3.79. The van der Waals surface area contributed by atoms with E-state index in [9.17, 15) is 4.79 Å². The van der Waals surface area contributed by atoms with Gasteiger partial charge in [0.05, 0.1) is 6.20 Å². The predicted molar refractivity (Wildman–Crippen MR) is 91.2 cm³/mol. The number of carbonyl (C=O) groups is 1. The lowest BCUT2D eigenvalue weighted by molar-refractivity contribution is -0.139. The molecule has 0 bridgehead atoms. The van der Waals surface area contributed by atoms with Crippen LogP contribution >= 0.6 is 0 Å². The number of hydrogen-bond acceptors (Lipinski definition) is 5. The summed E-state index contributed by atoms with van der Waals surface area (Å²) in [6, 6.07) is 3.62. The van der Waals surface area contributed by atoms with Gasteiger partial charge in [-0.1, -0.05) is 0 Å². The lowest BCUT2D eigenvalue weighted by Crippen LogP contribution is -2.45. The van der Waals surface area contributed by atoms with Gasteiger partial charge in [0, 0.05) is 38.2 Å². The maximum absolute atomic E-state index is 12.8. The van der Waals surface area contributed by atoms with Gasteiger partial charge in [0.1, 0.15) is 17.4 Å². The normalized spacial score (nSPS) is 21.0. The van der Waals surface area contributed by atoms with E-state index in [2.05, 4.69) is 19.7 Å². The molecule has 0 N–H and O–H groups in total. The number of likely N-dealkylation sites (tertiary alicyclic amines) is 1. The van der Waals surface area contributed by atoms with Crippen LogP contribution in [0.5, 0.6) is 5.75 Å². The third kappa shape index (κ3) is 3.23. The topological polar surface area (TPSA) is 73.1 Å². The van der Waals surface area contributed by atoms with Gasteiger partial charge in [0.25, 0.3) is 5.91 Å². The fraction of sp³-hybridized carbons (Fsp3) is 0.556. The molecule has 2 aromatic rings. The van der Waals surface area contributed by atoms with E-state index < -0.39 is 6.10 Å². The molecule has 0 saturated carbocycles. The molecule has 0 aliphatic carbocycles. The summed E-state index contributed by atoms with van der Waals surface area (Å²) in [5.74, 6) is 3.04. The van der Waals surface area contributed by atoms with Crippen molar-refractivity contribution in [1.82, 2.24) is 24.6 Å². The maximum atomic E-state index is 12.8. The second kappa shape index (κ2) is 6.82. The summed E-state index contributed by atoms with van der Waals surface area (Å²) >= 11 is 0. The number of aromatic nitrogens is 4. The first kappa shape index (κ1) is 16.1. The number of rotatable bonds is 4. The second-order valence-electron chi connectivity index (χ2n) is 6.80. The molecule has 1 amide bonds. The Bertz CT molecular complexity index is 745. The van der Waals surface area contributed by atoms with Crippen LogP contribution in [-0.4, -0.2) is 49.7 Å². The standard InChI is InChI=1S/C18H23N5O2/c1-13(25-15-6-2-8-19-11-15)18(24)22-9-3-5-14(12-22)17-21-20-16-7-4-10-23(16)17/h2,6,8,11,13-14H,3-5,7,9-10,12H2,1H3. The molecule has 1 saturated heterocycles. The van der Waals surface area contributed by atoms with Crippen molar-refractivity contribution in [2.75, 3.05) is 13.1 Å². The monoisotopic (exact) mass is 341 g/mol. The number of nitrogens with zero attached hydrogens (tertiary/aromatic N) is 5. The molecule has 1 fully saturated rings. The molecule has 132 valence electrons. The van der Waals surface area contributed by atoms with Crippen molar-refractivity contribution in [2.24, 2.45) is 0 Å². The summed E-state index contributed by atoms with van der Waals surface area (Å²) in [5.41, 5.74) is 0. The van der Waals surface area contributed by atoms with Gasteiger partial charge in [-0.05, 0) is 38.3 Å². The highest BCUT2D eigenvalue weighted by Crippen LogP contribution is 2.29. The van der Waals surface area contributed by atoms with Crippen LogP contribution in [0.15, 0.2) is 24.5 Å². The molecule has 4 rings (SSSR count). The minimum Gasteiger partial charge on any atom is -0.479 e. The van der Waals surface area contributed by atoms with E-state index in [4.69, 9.17) is 4.74 Å². The Morgan fingerprint density at radius 3 is 3.08 bits per heavy atom. The molecule has 2 unspecified atom stereocenters. The van der Waals surface area contributed by atoms with Crippen LogP contribution in [0.3, 0.4) is 0 Å². The number of piperidine rings is 1. The van der Waals surface area contributed by atoms with Gasteiger partial charge in [-0.25, -0.2) is 0 Å². The zero-order valence-electron chi connectivity index (χ0n) is 14.5. The van der Waals surface area contributed by atoms with Gasteiger partial charge in [0.2, 0.25) is 0 Å². The Kier molecular flexibility index (Phi) is 4.38. The van der Waals surface area contributed by atoms with Gasteiger partial charge < -0.3 is 14.2 Å². The average Bonchev–Trinajstić information content (AvgIpc) is 3.25. The van der Waals surface area contributed by atoms with Gasteiger partial charge in [0.15, 0.2) is 6.10 Å². The maximum Gasteiger partial charge on any atom is 0.263 e. The van der Waals surface area contributed by atoms with E-state index in [-0.39, 0.29) is 11.8 Å². The van der Waals surface area contributed by atoms with E-state index in [1.807, 2.05) is 11.0 Å². The summed E-state index contributed by atoms with van der Waals surface area (Å²) in [5, 5.41) is 8.71. The minimum absolute atomic E-state index is 0.0229. The highest BCUT2D eigenvalue weighted by molar-refractivity contribution is 5.81. The van der Waals surface area contributed by atoms with Crippen LogP contribution < -0.4 is 4.74 Å². The smallest absolute Gasteiger partial charge is 0.263 e. The molecule has 2 aliphatic rings. The zero-order valence-corrected chi connectivity index (χ0v) is 14.5. The number of pyridine rings is 1. The van der Waals surface area contributed by atoms with Crippen molar-refractivity contribution in [3.63, 3.8) is 0 Å². The molecule has 2 atom stereocenters. The first-order chi connectivity index (χ1) is 12.2. The van der Waals surface area contributed by atoms with Gasteiger partial charge in [-0.15, -0.1) is 10.2 Å². The van der Waals surface area contributed by atoms with Crippen LogP contribution in [0.4, 0.5) is 0 Å².